The van der Waals surface area contributed by atoms with Gasteiger partial charge in [-0.25, -0.2) is 15.0 Å². The SMILES string of the molecule is COc1cc(OC)c(C)c(-c2cc3cnc(SC)nc3c(NC3CN(C)C3)n2)c1C. The van der Waals surface area contributed by atoms with Crippen LogP contribution in [0.15, 0.2) is 23.5 Å². The highest BCUT2D eigenvalue weighted by molar-refractivity contribution is 7.98. The minimum atomic E-state index is 0.357. The highest BCUT2D eigenvalue weighted by Gasteiger charge is 2.25. The van der Waals surface area contributed by atoms with Crippen molar-refractivity contribution in [3.63, 3.8) is 0 Å². The van der Waals surface area contributed by atoms with Crippen LogP contribution in [0.5, 0.6) is 11.5 Å². The van der Waals surface area contributed by atoms with Gasteiger partial charge in [0.15, 0.2) is 11.0 Å². The Balaban J connectivity index is 1.92. The minimum absolute atomic E-state index is 0.357. The molecule has 30 heavy (non-hydrogen) atoms. The zero-order valence-electron chi connectivity index (χ0n) is 18.2. The van der Waals surface area contributed by atoms with Crippen molar-refractivity contribution in [2.45, 2.75) is 25.0 Å². The van der Waals surface area contributed by atoms with Crippen molar-refractivity contribution in [3.8, 4) is 22.8 Å². The first kappa shape index (κ1) is 20.7. The Morgan fingerprint density at radius 1 is 1.07 bits per heavy atom. The molecule has 1 N–H and O–H groups in total. The van der Waals surface area contributed by atoms with Crippen molar-refractivity contribution < 1.29 is 9.47 Å². The van der Waals surface area contributed by atoms with Gasteiger partial charge in [0.1, 0.15) is 17.0 Å². The molecule has 0 spiro atoms. The molecule has 1 aliphatic heterocycles. The van der Waals surface area contributed by atoms with Crippen molar-refractivity contribution in [1.29, 1.82) is 0 Å². The molecule has 2 aromatic heterocycles. The van der Waals surface area contributed by atoms with Crippen LogP contribution in [0.4, 0.5) is 5.82 Å². The molecule has 1 fully saturated rings. The molecule has 3 heterocycles. The number of aromatic nitrogens is 3. The summed E-state index contributed by atoms with van der Waals surface area (Å²) in [6, 6.07) is 4.33. The van der Waals surface area contributed by atoms with E-state index >= 15 is 0 Å². The van der Waals surface area contributed by atoms with Crippen molar-refractivity contribution in [2.75, 3.05) is 45.9 Å². The van der Waals surface area contributed by atoms with Crippen LogP contribution in [0.25, 0.3) is 22.2 Å². The van der Waals surface area contributed by atoms with E-state index in [1.807, 2.05) is 38.4 Å². The smallest absolute Gasteiger partial charge is 0.187 e. The van der Waals surface area contributed by atoms with Gasteiger partial charge in [-0.05, 0) is 33.2 Å². The van der Waals surface area contributed by atoms with Crippen molar-refractivity contribution in [1.82, 2.24) is 19.9 Å². The van der Waals surface area contributed by atoms with Crippen LogP contribution >= 0.6 is 11.8 Å². The fourth-order valence-corrected chi connectivity index (χ4v) is 4.35. The van der Waals surface area contributed by atoms with E-state index in [4.69, 9.17) is 19.4 Å². The third-order valence-electron chi connectivity index (χ3n) is 5.58. The van der Waals surface area contributed by atoms with Gasteiger partial charge in [-0.2, -0.15) is 0 Å². The maximum Gasteiger partial charge on any atom is 0.187 e. The number of anilines is 1. The Kier molecular flexibility index (Phi) is 5.71. The monoisotopic (exact) mass is 425 g/mol. The number of pyridine rings is 1. The molecule has 1 aliphatic rings. The first-order valence-electron chi connectivity index (χ1n) is 9.84. The lowest BCUT2D eigenvalue weighted by Crippen LogP contribution is -2.52. The molecule has 0 unspecified atom stereocenters. The zero-order chi connectivity index (χ0) is 21.4. The first-order valence-corrected chi connectivity index (χ1v) is 11.1. The molecule has 3 aromatic rings. The average Bonchev–Trinajstić information content (AvgIpc) is 2.72. The molecule has 0 amide bonds. The summed E-state index contributed by atoms with van der Waals surface area (Å²) >= 11 is 1.53. The van der Waals surface area contributed by atoms with Crippen LogP contribution in [0.1, 0.15) is 11.1 Å². The lowest BCUT2D eigenvalue weighted by Gasteiger charge is -2.37. The van der Waals surface area contributed by atoms with E-state index in [0.29, 0.717) is 6.04 Å². The Hall–Kier alpha value is -2.58. The van der Waals surface area contributed by atoms with Crippen LogP contribution in [-0.2, 0) is 0 Å². The second-order valence-corrected chi connectivity index (χ2v) is 8.39. The number of methoxy groups -OCH3 is 2. The maximum atomic E-state index is 5.60. The topological polar surface area (TPSA) is 72.4 Å². The predicted molar refractivity (Wildman–Crippen MR) is 122 cm³/mol. The lowest BCUT2D eigenvalue weighted by molar-refractivity contribution is 0.205. The van der Waals surface area contributed by atoms with E-state index in [-0.39, 0.29) is 0 Å². The molecule has 4 rings (SSSR count). The number of hydrogen-bond donors (Lipinski definition) is 1. The fourth-order valence-electron chi connectivity index (χ4n) is 4.01. The summed E-state index contributed by atoms with van der Waals surface area (Å²) in [5.41, 5.74) is 4.76. The summed E-state index contributed by atoms with van der Waals surface area (Å²) in [7, 11) is 5.46. The molecule has 8 heteroatoms. The minimum Gasteiger partial charge on any atom is -0.496 e. The molecule has 0 saturated carbocycles. The van der Waals surface area contributed by atoms with E-state index in [0.717, 1.165) is 68.9 Å². The van der Waals surface area contributed by atoms with Gasteiger partial charge in [-0.1, -0.05) is 11.8 Å². The highest BCUT2D eigenvalue weighted by atomic mass is 32.2. The molecular weight excluding hydrogens is 398 g/mol. The zero-order valence-corrected chi connectivity index (χ0v) is 19.1. The third-order valence-corrected chi connectivity index (χ3v) is 6.14. The summed E-state index contributed by atoms with van der Waals surface area (Å²) in [6.45, 7) is 6.07. The Morgan fingerprint density at radius 3 is 2.30 bits per heavy atom. The summed E-state index contributed by atoms with van der Waals surface area (Å²) in [5, 5.41) is 5.28. The largest absolute Gasteiger partial charge is 0.496 e. The van der Waals surface area contributed by atoms with Gasteiger partial charge >= 0.3 is 0 Å². The fraction of sp³-hybridized carbons (Fsp3) is 0.409. The van der Waals surface area contributed by atoms with Crippen molar-refractivity contribution in [2.24, 2.45) is 0 Å². The number of nitrogens with zero attached hydrogens (tertiary/aromatic N) is 4. The Bertz CT molecular complexity index is 1070. The van der Waals surface area contributed by atoms with E-state index in [9.17, 15) is 0 Å². The first-order chi connectivity index (χ1) is 14.4. The molecule has 0 atom stereocenters. The molecule has 1 aromatic carbocycles. The summed E-state index contributed by atoms with van der Waals surface area (Å²) < 4.78 is 11.2. The van der Waals surface area contributed by atoms with Gasteiger partial charge in [0.05, 0.1) is 26.0 Å². The molecule has 0 radical (unpaired) electrons. The maximum absolute atomic E-state index is 5.60. The summed E-state index contributed by atoms with van der Waals surface area (Å²) in [4.78, 5) is 16.5. The highest BCUT2D eigenvalue weighted by Crippen LogP contribution is 2.40. The molecular formula is C22H27N5O2S. The van der Waals surface area contributed by atoms with Gasteiger partial charge in [-0.15, -0.1) is 0 Å². The summed E-state index contributed by atoms with van der Waals surface area (Å²) in [5.74, 6) is 2.34. The number of likely N-dealkylation sites (tertiary alicyclic amines) is 1. The normalized spacial score (nSPS) is 14.6. The lowest BCUT2D eigenvalue weighted by atomic mass is 9.96. The van der Waals surface area contributed by atoms with Gasteiger partial charge in [0, 0.05) is 47.4 Å². The quantitative estimate of drug-likeness (QED) is 0.473. The number of hydrogen-bond acceptors (Lipinski definition) is 8. The molecule has 1 saturated heterocycles. The van der Waals surface area contributed by atoms with Crippen LogP contribution in [0.2, 0.25) is 0 Å². The molecule has 158 valence electrons. The number of fused-ring (bicyclic) bond motifs is 1. The Labute approximate surface area is 181 Å². The van der Waals surface area contributed by atoms with Crippen molar-refractivity contribution >= 4 is 28.5 Å². The number of likely N-dealkylation sites (N-methyl/N-ethyl adjacent to an activating group) is 1. The van der Waals surface area contributed by atoms with E-state index in [1.54, 1.807) is 14.2 Å². The summed E-state index contributed by atoms with van der Waals surface area (Å²) in [6.07, 6.45) is 3.85. The van der Waals surface area contributed by atoms with E-state index in [2.05, 4.69) is 22.2 Å². The number of thioether (sulfide) groups is 1. The predicted octanol–water partition coefficient (Wildman–Crippen LogP) is 3.77. The Morgan fingerprint density at radius 2 is 1.73 bits per heavy atom. The van der Waals surface area contributed by atoms with E-state index in [1.165, 1.54) is 11.8 Å². The standard InChI is InChI=1S/C22H27N5O2S/c1-12-17(28-4)8-18(29-5)13(2)19(12)16-7-14-9-23-22(30-6)26-20(14)21(25-16)24-15-10-27(3)11-15/h7-9,15H,10-11H2,1-6H3,(H,24,25). The van der Waals surface area contributed by atoms with E-state index < -0.39 is 0 Å². The van der Waals surface area contributed by atoms with Gasteiger partial charge in [0.25, 0.3) is 0 Å². The molecule has 0 aliphatic carbocycles. The second kappa shape index (κ2) is 8.28. The second-order valence-electron chi connectivity index (χ2n) is 7.62. The number of ether oxygens (including phenoxy) is 2. The molecule has 7 nitrogen and oxygen atoms in total. The van der Waals surface area contributed by atoms with Crippen LogP contribution in [-0.4, -0.2) is 66.5 Å². The molecule has 0 bridgehead atoms. The number of rotatable bonds is 6. The van der Waals surface area contributed by atoms with Crippen LogP contribution in [0, 0.1) is 13.8 Å². The number of nitrogens with one attached hydrogen (secondary N) is 1. The van der Waals surface area contributed by atoms with Crippen LogP contribution < -0.4 is 14.8 Å². The van der Waals surface area contributed by atoms with Gasteiger partial charge < -0.3 is 19.7 Å². The van der Waals surface area contributed by atoms with Crippen molar-refractivity contribution in [3.05, 3.63) is 29.5 Å². The average molecular weight is 426 g/mol. The third kappa shape index (κ3) is 3.65. The van der Waals surface area contributed by atoms with Crippen LogP contribution in [0.3, 0.4) is 0 Å². The van der Waals surface area contributed by atoms with Gasteiger partial charge in [0.2, 0.25) is 0 Å². The number of benzene rings is 1. The van der Waals surface area contributed by atoms with Gasteiger partial charge in [-0.3, -0.25) is 0 Å².